The zero-order valence-corrected chi connectivity index (χ0v) is 8.84. The van der Waals surface area contributed by atoms with E-state index in [1.807, 2.05) is 6.92 Å². The summed E-state index contributed by atoms with van der Waals surface area (Å²) in [4.78, 5) is 12.0. The van der Waals surface area contributed by atoms with Crippen molar-refractivity contribution in [2.24, 2.45) is 0 Å². The molecule has 0 amide bonds. The largest absolute Gasteiger partial charge is 0.478 e. The lowest BCUT2D eigenvalue weighted by molar-refractivity contribution is 0.326. The number of nitrogens with one attached hydrogen (secondary N) is 2. The maximum absolute atomic E-state index is 5.26. The number of hydrogen-bond donors (Lipinski definition) is 2. The predicted octanol–water partition coefficient (Wildman–Crippen LogP) is 0.605. The highest BCUT2D eigenvalue weighted by Crippen LogP contribution is 2.10. The molecular weight excluding hydrogens is 208 g/mol. The van der Waals surface area contributed by atoms with E-state index in [-0.39, 0.29) is 0 Å². The summed E-state index contributed by atoms with van der Waals surface area (Å²) in [5.41, 5.74) is 0. The van der Waals surface area contributed by atoms with Crippen LogP contribution in [0.4, 0.5) is 5.82 Å². The molecule has 0 saturated heterocycles. The van der Waals surface area contributed by atoms with Gasteiger partial charge in [0, 0.05) is 6.07 Å². The fraction of sp³-hybridized carbons (Fsp3) is 0.333. The summed E-state index contributed by atoms with van der Waals surface area (Å²) in [7, 11) is 0. The molecule has 2 N–H and O–H groups in total. The third kappa shape index (κ3) is 2.66. The van der Waals surface area contributed by atoms with Gasteiger partial charge in [-0.2, -0.15) is 5.10 Å². The lowest BCUT2D eigenvalue weighted by Gasteiger charge is -2.05. The average molecular weight is 220 g/mol. The van der Waals surface area contributed by atoms with Crippen molar-refractivity contribution in [3.8, 4) is 5.88 Å². The topological polar surface area (TPSA) is 88.6 Å². The molecule has 0 aliphatic heterocycles. The highest BCUT2D eigenvalue weighted by Gasteiger charge is 2.00. The van der Waals surface area contributed by atoms with Crippen LogP contribution in [0.5, 0.6) is 5.88 Å². The second-order valence-corrected chi connectivity index (χ2v) is 2.96. The molecule has 0 unspecified atom stereocenters. The summed E-state index contributed by atoms with van der Waals surface area (Å²) in [5, 5.41) is 9.58. The van der Waals surface area contributed by atoms with Crippen molar-refractivity contribution < 1.29 is 4.74 Å². The Morgan fingerprint density at radius 3 is 3.00 bits per heavy atom. The van der Waals surface area contributed by atoms with Crippen molar-refractivity contribution in [1.82, 2.24) is 25.1 Å². The quantitative estimate of drug-likeness (QED) is 0.767. The van der Waals surface area contributed by atoms with E-state index in [1.54, 1.807) is 6.07 Å². The molecule has 16 heavy (non-hydrogen) atoms. The van der Waals surface area contributed by atoms with E-state index in [4.69, 9.17) is 4.74 Å². The van der Waals surface area contributed by atoms with Gasteiger partial charge in [-0.15, -0.1) is 0 Å². The Morgan fingerprint density at radius 1 is 1.31 bits per heavy atom. The van der Waals surface area contributed by atoms with E-state index in [9.17, 15) is 0 Å². The fourth-order valence-corrected chi connectivity index (χ4v) is 1.15. The summed E-state index contributed by atoms with van der Waals surface area (Å²) in [6, 6.07) is 1.74. The van der Waals surface area contributed by atoms with Crippen LogP contribution in [0.15, 0.2) is 18.7 Å². The van der Waals surface area contributed by atoms with Gasteiger partial charge in [-0.3, -0.25) is 5.10 Å². The van der Waals surface area contributed by atoms with Crippen molar-refractivity contribution in [1.29, 1.82) is 0 Å². The standard InChI is InChI=1S/C9H12N6O/c1-2-16-9-3-7(11-5-13-9)10-4-8-12-6-14-15-8/h3,5-6H,2,4H2,1H3,(H,10,11,13)(H,12,14,15). The van der Waals surface area contributed by atoms with Crippen molar-refractivity contribution >= 4 is 5.82 Å². The van der Waals surface area contributed by atoms with E-state index in [1.165, 1.54) is 12.7 Å². The average Bonchev–Trinajstić information content (AvgIpc) is 2.80. The Hall–Kier alpha value is -2.18. The zero-order valence-electron chi connectivity index (χ0n) is 8.84. The summed E-state index contributed by atoms with van der Waals surface area (Å²) < 4.78 is 5.26. The number of aromatic nitrogens is 5. The Bertz CT molecular complexity index is 429. The molecule has 84 valence electrons. The third-order valence-corrected chi connectivity index (χ3v) is 1.84. The summed E-state index contributed by atoms with van der Waals surface area (Å²) in [5.74, 6) is 1.99. The van der Waals surface area contributed by atoms with Crippen LogP contribution in [0.1, 0.15) is 12.7 Å². The monoisotopic (exact) mass is 220 g/mol. The first-order valence-corrected chi connectivity index (χ1v) is 4.91. The van der Waals surface area contributed by atoms with Gasteiger partial charge in [0.1, 0.15) is 24.3 Å². The van der Waals surface area contributed by atoms with Crippen LogP contribution in [-0.4, -0.2) is 31.8 Å². The van der Waals surface area contributed by atoms with Gasteiger partial charge in [0.2, 0.25) is 5.88 Å². The van der Waals surface area contributed by atoms with Gasteiger partial charge in [-0.25, -0.2) is 15.0 Å². The molecule has 0 saturated carbocycles. The molecule has 0 aromatic carbocycles. The molecule has 7 heteroatoms. The van der Waals surface area contributed by atoms with Crippen LogP contribution in [0.3, 0.4) is 0 Å². The minimum Gasteiger partial charge on any atom is -0.478 e. The molecule has 2 aromatic heterocycles. The molecule has 0 bridgehead atoms. The lowest BCUT2D eigenvalue weighted by atomic mass is 10.5. The Balaban J connectivity index is 1.96. The van der Waals surface area contributed by atoms with Gasteiger partial charge in [0.15, 0.2) is 0 Å². The SMILES string of the molecule is CCOc1cc(NCc2ncn[nH]2)ncn1. The highest BCUT2D eigenvalue weighted by molar-refractivity contribution is 5.36. The Kier molecular flexibility index (Phi) is 3.27. The number of hydrogen-bond acceptors (Lipinski definition) is 6. The number of H-pyrrole nitrogens is 1. The maximum atomic E-state index is 5.26. The van der Waals surface area contributed by atoms with Gasteiger partial charge >= 0.3 is 0 Å². The van der Waals surface area contributed by atoms with Crippen molar-refractivity contribution in [3.63, 3.8) is 0 Å². The first-order valence-electron chi connectivity index (χ1n) is 4.91. The molecule has 0 radical (unpaired) electrons. The fourth-order valence-electron chi connectivity index (χ4n) is 1.15. The van der Waals surface area contributed by atoms with E-state index in [0.717, 1.165) is 5.82 Å². The van der Waals surface area contributed by atoms with Gasteiger partial charge < -0.3 is 10.1 Å². The molecule has 0 atom stereocenters. The van der Waals surface area contributed by atoms with E-state index in [2.05, 4.69) is 30.5 Å². The number of nitrogens with zero attached hydrogens (tertiary/aromatic N) is 4. The van der Waals surface area contributed by atoms with Crippen LogP contribution >= 0.6 is 0 Å². The van der Waals surface area contributed by atoms with Crippen molar-refractivity contribution in [2.45, 2.75) is 13.5 Å². The summed E-state index contributed by atoms with van der Waals surface area (Å²) in [6.45, 7) is 3.02. The van der Waals surface area contributed by atoms with Gasteiger partial charge in [-0.05, 0) is 6.92 Å². The minimum atomic E-state index is 0.530. The van der Waals surface area contributed by atoms with E-state index >= 15 is 0 Å². The molecule has 7 nitrogen and oxygen atoms in total. The minimum absolute atomic E-state index is 0.530. The Labute approximate surface area is 92.3 Å². The lowest BCUT2D eigenvalue weighted by Crippen LogP contribution is -2.04. The van der Waals surface area contributed by atoms with Crippen LogP contribution in [0.25, 0.3) is 0 Å². The van der Waals surface area contributed by atoms with Crippen molar-refractivity contribution in [3.05, 3.63) is 24.5 Å². The molecular formula is C9H12N6O. The molecule has 2 rings (SSSR count). The summed E-state index contributed by atoms with van der Waals surface area (Å²) >= 11 is 0. The van der Waals surface area contributed by atoms with Crippen LogP contribution in [-0.2, 0) is 6.54 Å². The first-order chi connectivity index (χ1) is 7.88. The zero-order chi connectivity index (χ0) is 11.2. The molecule has 2 heterocycles. The van der Waals surface area contributed by atoms with Crippen LogP contribution in [0, 0.1) is 0 Å². The van der Waals surface area contributed by atoms with Crippen molar-refractivity contribution in [2.75, 3.05) is 11.9 Å². The summed E-state index contributed by atoms with van der Waals surface area (Å²) in [6.07, 6.45) is 2.91. The first kappa shape index (κ1) is 10.3. The predicted molar refractivity (Wildman–Crippen MR) is 56.9 cm³/mol. The molecule has 0 aliphatic carbocycles. The van der Waals surface area contributed by atoms with Gasteiger partial charge in [-0.1, -0.05) is 0 Å². The number of rotatable bonds is 5. The molecule has 0 aliphatic rings. The third-order valence-electron chi connectivity index (χ3n) is 1.84. The molecule has 2 aromatic rings. The van der Waals surface area contributed by atoms with Gasteiger partial charge in [0.25, 0.3) is 0 Å². The smallest absolute Gasteiger partial charge is 0.218 e. The molecule has 0 spiro atoms. The number of ether oxygens (including phenoxy) is 1. The Morgan fingerprint density at radius 2 is 2.25 bits per heavy atom. The maximum Gasteiger partial charge on any atom is 0.218 e. The number of anilines is 1. The highest BCUT2D eigenvalue weighted by atomic mass is 16.5. The second kappa shape index (κ2) is 5.06. The van der Waals surface area contributed by atoms with E-state index in [0.29, 0.717) is 24.8 Å². The normalized spacial score (nSPS) is 10.1. The molecule has 0 fully saturated rings. The van der Waals surface area contributed by atoms with E-state index < -0.39 is 0 Å². The van der Waals surface area contributed by atoms with Crippen LogP contribution in [0.2, 0.25) is 0 Å². The van der Waals surface area contributed by atoms with Gasteiger partial charge in [0.05, 0.1) is 13.2 Å². The number of aromatic amines is 1. The van der Waals surface area contributed by atoms with Crippen LogP contribution < -0.4 is 10.1 Å². The second-order valence-electron chi connectivity index (χ2n) is 2.96.